The molecule has 0 saturated carbocycles. The molecule has 176 valence electrons. The molecule has 1 saturated heterocycles. The second-order valence-corrected chi connectivity index (χ2v) is 8.72. The van der Waals surface area contributed by atoms with Gasteiger partial charge in [0.15, 0.2) is 17.0 Å². The minimum atomic E-state index is -1.01. The second kappa shape index (κ2) is 10.1. The number of unbranched alkanes of at least 4 members (excludes halogenated alkanes) is 2. The maximum Gasteiger partial charge on any atom is 0.417 e. The lowest BCUT2D eigenvalue weighted by molar-refractivity contribution is -0.137. The first-order valence-electron chi connectivity index (χ1n) is 11.0. The van der Waals surface area contributed by atoms with E-state index in [9.17, 15) is 14.7 Å². The third-order valence-corrected chi connectivity index (χ3v) is 4.89. The zero-order chi connectivity index (χ0) is 23.3. The molecule has 1 amide bonds. The average molecular weight is 449 g/mol. The maximum atomic E-state index is 13.1. The first kappa shape index (κ1) is 23.7. The van der Waals surface area contributed by atoms with Gasteiger partial charge in [0.25, 0.3) is 0 Å². The van der Waals surface area contributed by atoms with Crippen molar-refractivity contribution in [1.29, 1.82) is 0 Å². The molecule has 0 atom stereocenters. The minimum Gasteiger partial charge on any atom is -0.480 e. The van der Waals surface area contributed by atoms with E-state index in [0.29, 0.717) is 49.8 Å². The van der Waals surface area contributed by atoms with Crippen molar-refractivity contribution in [3.05, 3.63) is 6.33 Å². The van der Waals surface area contributed by atoms with Crippen LogP contribution in [0.3, 0.4) is 0 Å². The molecule has 1 fully saturated rings. The number of morpholine rings is 1. The van der Waals surface area contributed by atoms with Gasteiger partial charge in [-0.05, 0) is 27.2 Å². The van der Waals surface area contributed by atoms with Crippen molar-refractivity contribution in [1.82, 2.24) is 19.5 Å². The maximum absolute atomic E-state index is 13.1. The molecule has 0 aliphatic carbocycles. The number of carboxylic acid groups (broad SMARTS) is 1. The van der Waals surface area contributed by atoms with Gasteiger partial charge >= 0.3 is 12.1 Å². The summed E-state index contributed by atoms with van der Waals surface area (Å²) in [6.07, 6.45) is 3.60. The summed E-state index contributed by atoms with van der Waals surface area (Å²) in [5.41, 5.74) is 0.181. The zero-order valence-corrected chi connectivity index (χ0v) is 19.2. The molecular weight excluding hydrogens is 416 g/mol. The van der Waals surface area contributed by atoms with Gasteiger partial charge in [0.2, 0.25) is 5.95 Å². The Morgan fingerprint density at radius 1 is 1.22 bits per heavy atom. The van der Waals surface area contributed by atoms with Gasteiger partial charge in [0.1, 0.15) is 12.1 Å². The van der Waals surface area contributed by atoms with Crippen LogP contribution >= 0.6 is 0 Å². The highest BCUT2D eigenvalue weighted by Gasteiger charge is 2.28. The van der Waals surface area contributed by atoms with E-state index < -0.39 is 17.7 Å². The van der Waals surface area contributed by atoms with Crippen LogP contribution in [0.4, 0.5) is 16.6 Å². The van der Waals surface area contributed by atoms with Crippen LogP contribution in [0.25, 0.3) is 11.2 Å². The summed E-state index contributed by atoms with van der Waals surface area (Å²) < 4.78 is 12.5. The summed E-state index contributed by atoms with van der Waals surface area (Å²) in [5.74, 6) is -0.276. The number of nitrogens with zero attached hydrogens (tertiary/aromatic N) is 6. The number of ether oxygens (including phenoxy) is 2. The van der Waals surface area contributed by atoms with E-state index >= 15 is 0 Å². The van der Waals surface area contributed by atoms with Crippen molar-refractivity contribution in [2.24, 2.45) is 0 Å². The SMILES string of the molecule is CCCCCN(C(=O)OC(C)(C)C)c1nc(N2CCOCC2)c2ncn(CC(=O)O)c2n1. The van der Waals surface area contributed by atoms with Gasteiger partial charge < -0.3 is 24.0 Å². The van der Waals surface area contributed by atoms with Gasteiger partial charge in [-0.1, -0.05) is 19.8 Å². The predicted octanol–water partition coefficient (Wildman–Crippen LogP) is 2.68. The van der Waals surface area contributed by atoms with Gasteiger partial charge in [-0.25, -0.2) is 14.7 Å². The first-order valence-corrected chi connectivity index (χ1v) is 11.0. The van der Waals surface area contributed by atoms with Crippen LogP contribution in [0.2, 0.25) is 0 Å². The molecule has 32 heavy (non-hydrogen) atoms. The molecule has 2 aromatic heterocycles. The molecular formula is C21H32N6O5. The van der Waals surface area contributed by atoms with Gasteiger partial charge in [0, 0.05) is 19.6 Å². The van der Waals surface area contributed by atoms with Crippen molar-refractivity contribution < 1.29 is 24.2 Å². The number of rotatable bonds is 8. The van der Waals surface area contributed by atoms with Gasteiger partial charge in [0.05, 0.1) is 19.5 Å². The van der Waals surface area contributed by atoms with Crippen LogP contribution in [0.15, 0.2) is 6.33 Å². The number of amides is 1. The molecule has 0 radical (unpaired) electrons. The molecule has 3 heterocycles. The van der Waals surface area contributed by atoms with Crippen LogP contribution in [-0.2, 0) is 20.8 Å². The highest BCUT2D eigenvalue weighted by molar-refractivity contribution is 5.90. The highest BCUT2D eigenvalue weighted by Crippen LogP contribution is 2.27. The zero-order valence-electron chi connectivity index (χ0n) is 19.2. The predicted molar refractivity (Wildman–Crippen MR) is 119 cm³/mol. The molecule has 2 aromatic rings. The Balaban J connectivity index is 2.09. The van der Waals surface area contributed by atoms with Crippen LogP contribution in [0.5, 0.6) is 0 Å². The fourth-order valence-corrected chi connectivity index (χ4v) is 3.41. The largest absolute Gasteiger partial charge is 0.480 e. The minimum absolute atomic E-state index is 0.177. The molecule has 0 unspecified atom stereocenters. The van der Waals surface area contributed by atoms with E-state index in [1.54, 1.807) is 20.8 Å². The molecule has 3 rings (SSSR count). The van der Waals surface area contributed by atoms with Gasteiger partial charge in [-0.3, -0.25) is 4.79 Å². The van der Waals surface area contributed by atoms with Crippen LogP contribution in [0.1, 0.15) is 47.0 Å². The van der Waals surface area contributed by atoms with Crippen molar-refractivity contribution in [2.75, 3.05) is 42.6 Å². The normalized spacial score (nSPS) is 14.6. The Kier molecular flexibility index (Phi) is 7.49. The monoisotopic (exact) mass is 448 g/mol. The lowest BCUT2D eigenvalue weighted by Gasteiger charge is -2.30. The van der Waals surface area contributed by atoms with E-state index in [-0.39, 0.29) is 12.5 Å². The van der Waals surface area contributed by atoms with E-state index in [0.717, 1.165) is 19.3 Å². The average Bonchev–Trinajstić information content (AvgIpc) is 3.12. The molecule has 0 spiro atoms. The van der Waals surface area contributed by atoms with Crippen molar-refractivity contribution in [3.8, 4) is 0 Å². The van der Waals surface area contributed by atoms with E-state index in [1.165, 1.54) is 15.8 Å². The highest BCUT2D eigenvalue weighted by atomic mass is 16.6. The Bertz CT molecular complexity index is 948. The lowest BCUT2D eigenvalue weighted by atomic mass is 10.2. The number of imidazole rings is 1. The molecule has 1 N–H and O–H groups in total. The number of aromatic nitrogens is 4. The molecule has 11 heteroatoms. The summed E-state index contributed by atoms with van der Waals surface area (Å²) in [7, 11) is 0. The number of carboxylic acids is 1. The Morgan fingerprint density at radius 3 is 2.56 bits per heavy atom. The molecule has 0 bridgehead atoms. The smallest absolute Gasteiger partial charge is 0.417 e. The lowest BCUT2D eigenvalue weighted by Crippen LogP contribution is -2.40. The fraction of sp³-hybridized carbons (Fsp3) is 0.667. The summed E-state index contributed by atoms with van der Waals surface area (Å²) in [5, 5.41) is 9.30. The third kappa shape index (κ3) is 5.84. The van der Waals surface area contributed by atoms with Crippen LogP contribution in [-0.4, -0.2) is 75.1 Å². The third-order valence-electron chi connectivity index (χ3n) is 4.89. The molecule has 11 nitrogen and oxygen atoms in total. The standard InChI is InChI=1S/C21H32N6O5/c1-5-6-7-8-27(20(30)32-21(2,3)4)19-23-17(25-9-11-31-12-10-25)16-18(24-19)26(14-22-16)13-15(28)29/h14H,5-13H2,1-4H3,(H,28,29). The summed E-state index contributed by atoms with van der Waals surface area (Å²) in [6, 6.07) is 0. The van der Waals surface area contributed by atoms with E-state index in [2.05, 4.69) is 16.9 Å². The number of carbonyl (C=O) groups excluding carboxylic acids is 1. The molecule has 1 aliphatic heterocycles. The number of hydrogen-bond acceptors (Lipinski definition) is 8. The quantitative estimate of drug-likeness (QED) is 0.607. The Labute approximate surface area is 187 Å². The van der Waals surface area contributed by atoms with E-state index in [4.69, 9.17) is 14.5 Å². The molecule has 1 aliphatic rings. The number of aliphatic carboxylic acids is 1. The summed E-state index contributed by atoms with van der Waals surface area (Å²) in [4.78, 5) is 41.5. The second-order valence-electron chi connectivity index (χ2n) is 8.72. The molecule has 0 aromatic carbocycles. The summed E-state index contributed by atoms with van der Waals surface area (Å²) >= 11 is 0. The van der Waals surface area contributed by atoms with Crippen LogP contribution in [0, 0.1) is 0 Å². The van der Waals surface area contributed by atoms with Gasteiger partial charge in [-0.2, -0.15) is 9.97 Å². The number of hydrogen-bond donors (Lipinski definition) is 1. The number of anilines is 2. The number of fused-ring (bicyclic) bond motifs is 1. The van der Waals surface area contributed by atoms with Crippen molar-refractivity contribution >= 4 is 35.0 Å². The first-order chi connectivity index (χ1) is 15.2. The Morgan fingerprint density at radius 2 is 1.94 bits per heavy atom. The number of carbonyl (C=O) groups is 2. The fourth-order valence-electron chi connectivity index (χ4n) is 3.41. The van der Waals surface area contributed by atoms with Crippen LogP contribution < -0.4 is 9.80 Å². The van der Waals surface area contributed by atoms with E-state index in [1.807, 2.05) is 4.90 Å². The van der Waals surface area contributed by atoms with Gasteiger partial charge in [-0.15, -0.1) is 0 Å². The topological polar surface area (TPSA) is 123 Å². The Hall–Kier alpha value is -2.95. The van der Waals surface area contributed by atoms with Crippen molar-refractivity contribution in [2.45, 2.75) is 59.1 Å². The van der Waals surface area contributed by atoms with Crippen molar-refractivity contribution in [3.63, 3.8) is 0 Å². The summed E-state index contributed by atoms with van der Waals surface area (Å²) in [6.45, 7) is 9.91.